The molecule has 25 heavy (non-hydrogen) atoms. The third kappa shape index (κ3) is 5.50. The summed E-state index contributed by atoms with van der Waals surface area (Å²) in [7, 11) is 0. The minimum absolute atomic E-state index is 0.0128. The van der Waals surface area contributed by atoms with Crippen LogP contribution >= 0.6 is 23.2 Å². The highest BCUT2D eigenvalue weighted by Crippen LogP contribution is 2.25. The minimum atomic E-state index is -0.552. The van der Waals surface area contributed by atoms with E-state index in [9.17, 15) is 4.79 Å². The predicted molar refractivity (Wildman–Crippen MR) is 98.0 cm³/mol. The average molecular weight is 376 g/mol. The fourth-order valence-electron chi connectivity index (χ4n) is 1.95. The SMILES string of the molecule is N#C/C(=C/NCc1ccc(CO)cc1)C(=O)Nc1ccc(Cl)c(Cl)c1. The number of amides is 1. The highest BCUT2D eigenvalue weighted by atomic mass is 35.5. The van der Waals surface area contributed by atoms with Crippen LogP contribution < -0.4 is 10.6 Å². The van der Waals surface area contributed by atoms with Gasteiger partial charge in [-0.3, -0.25) is 4.79 Å². The molecule has 5 nitrogen and oxygen atoms in total. The lowest BCUT2D eigenvalue weighted by atomic mass is 10.1. The lowest BCUT2D eigenvalue weighted by Gasteiger charge is -2.06. The number of benzene rings is 2. The molecule has 0 aliphatic carbocycles. The molecule has 0 aromatic heterocycles. The van der Waals surface area contributed by atoms with Gasteiger partial charge in [0.2, 0.25) is 0 Å². The van der Waals surface area contributed by atoms with Gasteiger partial charge in [0.05, 0.1) is 16.7 Å². The molecule has 128 valence electrons. The smallest absolute Gasteiger partial charge is 0.267 e. The number of hydrogen-bond acceptors (Lipinski definition) is 4. The Bertz CT molecular complexity index is 827. The number of aliphatic hydroxyl groups is 1. The number of halogens is 2. The third-order valence-electron chi connectivity index (χ3n) is 3.30. The van der Waals surface area contributed by atoms with E-state index in [-0.39, 0.29) is 12.2 Å². The number of aliphatic hydroxyl groups excluding tert-OH is 1. The van der Waals surface area contributed by atoms with Crippen LogP contribution in [0.2, 0.25) is 10.0 Å². The van der Waals surface area contributed by atoms with Crippen LogP contribution in [0, 0.1) is 11.3 Å². The number of anilines is 1. The molecule has 0 bridgehead atoms. The molecule has 0 aliphatic rings. The van der Waals surface area contributed by atoms with Crippen LogP contribution in [0.3, 0.4) is 0 Å². The maximum atomic E-state index is 12.1. The van der Waals surface area contributed by atoms with Gasteiger partial charge in [-0.15, -0.1) is 0 Å². The zero-order chi connectivity index (χ0) is 18.2. The van der Waals surface area contributed by atoms with Gasteiger partial charge in [0.1, 0.15) is 11.6 Å². The summed E-state index contributed by atoms with van der Waals surface area (Å²) in [6, 6.07) is 13.8. The molecule has 0 heterocycles. The molecule has 0 radical (unpaired) electrons. The van der Waals surface area contributed by atoms with Crippen molar-refractivity contribution in [3.05, 3.63) is 75.4 Å². The van der Waals surface area contributed by atoms with Crippen LogP contribution in [0.4, 0.5) is 5.69 Å². The minimum Gasteiger partial charge on any atom is -0.392 e. The zero-order valence-corrected chi connectivity index (χ0v) is 14.6. The summed E-state index contributed by atoms with van der Waals surface area (Å²) in [5.41, 5.74) is 2.15. The lowest BCUT2D eigenvalue weighted by molar-refractivity contribution is -0.112. The molecule has 3 N–H and O–H groups in total. The van der Waals surface area contributed by atoms with Crippen molar-refractivity contribution in [1.29, 1.82) is 5.26 Å². The summed E-state index contributed by atoms with van der Waals surface area (Å²) in [6.07, 6.45) is 1.35. The van der Waals surface area contributed by atoms with Gasteiger partial charge in [-0.05, 0) is 29.3 Å². The number of nitriles is 1. The monoisotopic (exact) mass is 375 g/mol. The summed E-state index contributed by atoms with van der Waals surface area (Å²) in [5.74, 6) is -0.552. The lowest BCUT2D eigenvalue weighted by Crippen LogP contribution is -2.16. The molecule has 0 spiro atoms. The van der Waals surface area contributed by atoms with E-state index in [4.69, 9.17) is 33.6 Å². The van der Waals surface area contributed by atoms with Crippen molar-refractivity contribution in [3.63, 3.8) is 0 Å². The topological polar surface area (TPSA) is 85.2 Å². The summed E-state index contributed by atoms with van der Waals surface area (Å²) in [6.45, 7) is 0.429. The van der Waals surface area contributed by atoms with Gasteiger partial charge in [0, 0.05) is 18.4 Å². The standard InChI is InChI=1S/C18H15Cl2N3O2/c19-16-6-5-15(7-17(16)20)23-18(25)14(8-21)10-22-9-12-1-3-13(11-24)4-2-12/h1-7,10,22,24H,9,11H2,(H,23,25)/b14-10-. The molecule has 1 amide bonds. The number of rotatable bonds is 6. The first-order chi connectivity index (χ1) is 12.0. The first-order valence-electron chi connectivity index (χ1n) is 7.32. The third-order valence-corrected chi connectivity index (χ3v) is 4.04. The maximum absolute atomic E-state index is 12.1. The molecule has 2 aromatic carbocycles. The second-order valence-corrected chi connectivity index (χ2v) is 5.92. The molecule has 0 saturated carbocycles. The van der Waals surface area contributed by atoms with Crippen LogP contribution in [-0.4, -0.2) is 11.0 Å². The molecule has 0 unspecified atom stereocenters. The Kier molecular flexibility index (Phi) is 6.84. The number of nitrogens with one attached hydrogen (secondary N) is 2. The molecule has 2 aromatic rings. The predicted octanol–water partition coefficient (Wildman–Crippen LogP) is 3.62. The van der Waals surface area contributed by atoms with Gasteiger partial charge in [-0.2, -0.15) is 5.26 Å². The van der Waals surface area contributed by atoms with Crippen molar-refractivity contribution in [1.82, 2.24) is 5.32 Å². The quantitative estimate of drug-likeness (QED) is 0.531. The normalized spacial score (nSPS) is 10.9. The van der Waals surface area contributed by atoms with Gasteiger partial charge in [-0.1, -0.05) is 47.5 Å². The van der Waals surface area contributed by atoms with Gasteiger partial charge >= 0.3 is 0 Å². The van der Waals surface area contributed by atoms with E-state index >= 15 is 0 Å². The Labute approximate surface area is 155 Å². The molecule has 0 aliphatic heterocycles. The fraction of sp³-hybridized carbons (Fsp3) is 0.111. The zero-order valence-electron chi connectivity index (χ0n) is 13.1. The fourth-order valence-corrected chi connectivity index (χ4v) is 2.25. The summed E-state index contributed by atoms with van der Waals surface area (Å²) in [4.78, 5) is 12.1. The molecule has 0 fully saturated rings. The van der Waals surface area contributed by atoms with Crippen molar-refractivity contribution in [2.75, 3.05) is 5.32 Å². The van der Waals surface area contributed by atoms with Crippen molar-refractivity contribution in [2.45, 2.75) is 13.2 Å². The Morgan fingerprint density at radius 2 is 1.80 bits per heavy atom. The van der Waals surface area contributed by atoms with Crippen molar-refractivity contribution in [2.24, 2.45) is 0 Å². The van der Waals surface area contributed by atoms with Crippen LogP contribution in [0.5, 0.6) is 0 Å². The number of carbonyl (C=O) groups is 1. The van der Waals surface area contributed by atoms with Crippen molar-refractivity contribution >= 4 is 34.8 Å². The van der Waals surface area contributed by atoms with Crippen LogP contribution in [-0.2, 0) is 17.9 Å². The number of hydrogen-bond donors (Lipinski definition) is 3. The molecule has 2 rings (SSSR count). The van der Waals surface area contributed by atoms with E-state index < -0.39 is 5.91 Å². The summed E-state index contributed by atoms with van der Waals surface area (Å²) < 4.78 is 0. The van der Waals surface area contributed by atoms with Crippen LogP contribution in [0.25, 0.3) is 0 Å². The first-order valence-corrected chi connectivity index (χ1v) is 8.08. The highest BCUT2D eigenvalue weighted by Gasteiger charge is 2.10. The second-order valence-electron chi connectivity index (χ2n) is 5.11. The molecule has 0 atom stereocenters. The van der Waals surface area contributed by atoms with E-state index in [1.165, 1.54) is 12.3 Å². The number of nitrogens with zero attached hydrogens (tertiary/aromatic N) is 1. The Morgan fingerprint density at radius 1 is 1.12 bits per heavy atom. The largest absolute Gasteiger partial charge is 0.392 e. The summed E-state index contributed by atoms with van der Waals surface area (Å²) in [5, 5.41) is 24.3. The van der Waals surface area contributed by atoms with Gasteiger partial charge < -0.3 is 15.7 Å². The molecule has 0 saturated heterocycles. The molecule has 7 heteroatoms. The van der Waals surface area contributed by atoms with E-state index in [0.29, 0.717) is 22.3 Å². The van der Waals surface area contributed by atoms with Crippen LogP contribution in [0.15, 0.2) is 54.2 Å². The van der Waals surface area contributed by atoms with E-state index in [0.717, 1.165) is 11.1 Å². The Hall–Kier alpha value is -2.52. The van der Waals surface area contributed by atoms with Crippen molar-refractivity contribution < 1.29 is 9.90 Å². The van der Waals surface area contributed by atoms with E-state index in [2.05, 4.69) is 10.6 Å². The average Bonchev–Trinajstić information content (AvgIpc) is 2.62. The molecular formula is C18H15Cl2N3O2. The van der Waals surface area contributed by atoms with Gasteiger partial charge in [-0.25, -0.2) is 0 Å². The van der Waals surface area contributed by atoms with E-state index in [1.807, 2.05) is 30.3 Å². The van der Waals surface area contributed by atoms with Crippen LogP contribution in [0.1, 0.15) is 11.1 Å². The highest BCUT2D eigenvalue weighted by molar-refractivity contribution is 6.42. The maximum Gasteiger partial charge on any atom is 0.267 e. The summed E-state index contributed by atoms with van der Waals surface area (Å²) >= 11 is 11.7. The van der Waals surface area contributed by atoms with Gasteiger partial charge in [0.15, 0.2) is 0 Å². The van der Waals surface area contributed by atoms with E-state index in [1.54, 1.807) is 12.1 Å². The Balaban J connectivity index is 1.97. The van der Waals surface area contributed by atoms with Gasteiger partial charge in [0.25, 0.3) is 5.91 Å². The second kappa shape index (κ2) is 9.09. The molecular weight excluding hydrogens is 361 g/mol. The first kappa shape index (κ1) is 18.8. The van der Waals surface area contributed by atoms with Crippen molar-refractivity contribution in [3.8, 4) is 6.07 Å². The number of carbonyl (C=O) groups excluding carboxylic acids is 1. The Morgan fingerprint density at radius 3 is 2.40 bits per heavy atom.